The number of nitrogens with zero attached hydrogens (tertiary/aromatic N) is 1. The molecular formula is C9H8BrNO3. The van der Waals surface area contributed by atoms with Gasteiger partial charge in [-0.25, -0.2) is 4.79 Å². The second-order valence-corrected chi connectivity index (χ2v) is 3.38. The second-order valence-electron chi connectivity index (χ2n) is 2.47. The summed E-state index contributed by atoms with van der Waals surface area (Å²) in [7, 11) is 1.30. The Labute approximate surface area is 89.3 Å². The van der Waals surface area contributed by atoms with Gasteiger partial charge in [-0.1, -0.05) is 21.1 Å². The van der Waals surface area contributed by atoms with E-state index in [-0.39, 0.29) is 0 Å². The van der Waals surface area contributed by atoms with Gasteiger partial charge in [0.15, 0.2) is 0 Å². The van der Waals surface area contributed by atoms with Crippen molar-refractivity contribution in [2.75, 3.05) is 7.11 Å². The van der Waals surface area contributed by atoms with Crippen LogP contribution in [0.1, 0.15) is 15.9 Å². The molecule has 0 aliphatic rings. The molecule has 1 N–H and O–H groups in total. The molecule has 14 heavy (non-hydrogen) atoms. The van der Waals surface area contributed by atoms with Gasteiger partial charge in [-0.05, 0) is 18.2 Å². The quantitative estimate of drug-likeness (QED) is 0.382. The van der Waals surface area contributed by atoms with E-state index in [1.807, 2.05) is 0 Å². The summed E-state index contributed by atoms with van der Waals surface area (Å²) in [5, 5.41) is 11.3. The fraction of sp³-hybridized carbons (Fsp3) is 0.111. The molecule has 0 radical (unpaired) electrons. The molecule has 1 rings (SSSR count). The maximum atomic E-state index is 11.2. The molecule has 4 nitrogen and oxygen atoms in total. The van der Waals surface area contributed by atoms with E-state index < -0.39 is 5.97 Å². The van der Waals surface area contributed by atoms with Crippen LogP contribution in [0, 0.1) is 0 Å². The van der Waals surface area contributed by atoms with Gasteiger partial charge in [0.2, 0.25) is 0 Å². The molecule has 0 unspecified atom stereocenters. The third-order valence-electron chi connectivity index (χ3n) is 1.62. The number of hydrogen-bond acceptors (Lipinski definition) is 4. The van der Waals surface area contributed by atoms with E-state index in [2.05, 4.69) is 25.8 Å². The van der Waals surface area contributed by atoms with E-state index in [0.29, 0.717) is 11.1 Å². The monoisotopic (exact) mass is 257 g/mol. The molecule has 0 bridgehead atoms. The number of oxime groups is 1. The van der Waals surface area contributed by atoms with Crippen molar-refractivity contribution in [2.24, 2.45) is 5.16 Å². The lowest BCUT2D eigenvalue weighted by Crippen LogP contribution is -2.05. The highest BCUT2D eigenvalue weighted by Crippen LogP contribution is 2.16. The largest absolute Gasteiger partial charge is 0.465 e. The van der Waals surface area contributed by atoms with Gasteiger partial charge in [-0.2, -0.15) is 0 Å². The Balaban J connectivity index is 3.21. The van der Waals surface area contributed by atoms with Crippen LogP contribution in [0.4, 0.5) is 0 Å². The number of carbonyl (C=O) groups excluding carboxylic acids is 1. The van der Waals surface area contributed by atoms with E-state index in [1.54, 1.807) is 18.2 Å². The zero-order valence-corrected chi connectivity index (χ0v) is 8.98. The molecule has 1 aromatic rings. The van der Waals surface area contributed by atoms with Crippen molar-refractivity contribution in [3.63, 3.8) is 0 Å². The standard InChI is InChI=1S/C9H8BrNO3/c1-14-9(12)8-3-2-7(10)4-6(8)5-11-13/h2-5,13H,1H3. The van der Waals surface area contributed by atoms with Crippen LogP contribution in [0.3, 0.4) is 0 Å². The first-order chi connectivity index (χ1) is 6.69. The Hall–Kier alpha value is -1.36. The first-order valence-corrected chi connectivity index (χ1v) is 4.53. The van der Waals surface area contributed by atoms with Crippen molar-refractivity contribution >= 4 is 28.1 Å². The molecule has 0 saturated carbocycles. The summed E-state index contributed by atoms with van der Waals surface area (Å²) in [5.74, 6) is -0.465. The maximum Gasteiger partial charge on any atom is 0.338 e. The Morgan fingerprint density at radius 2 is 2.36 bits per heavy atom. The van der Waals surface area contributed by atoms with Crippen molar-refractivity contribution in [1.29, 1.82) is 0 Å². The Kier molecular flexibility index (Phi) is 3.64. The molecule has 0 aromatic heterocycles. The zero-order chi connectivity index (χ0) is 10.6. The topological polar surface area (TPSA) is 58.9 Å². The van der Waals surface area contributed by atoms with Crippen LogP contribution in [0.5, 0.6) is 0 Å². The average molecular weight is 258 g/mol. The minimum Gasteiger partial charge on any atom is -0.465 e. The first kappa shape index (κ1) is 10.7. The maximum absolute atomic E-state index is 11.2. The highest BCUT2D eigenvalue weighted by atomic mass is 79.9. The molecule has 1 aromatic carbocycles. The number of rotatable bonds is 2. The number of halogens is 1. The van der Waals surface area contributed by atoms with E-state index in [1.165, 1.54) is 13.3 Å². The number of ether oxygens (including phenoxy) is 1. The summed E-state index contributed by atoms with van der Waals surface area (Å²) in [6.45, 7) is 0. The Morgan fingerprint density at radius 3 is 2.93 bits per heavy atom. The Bertz CT molecular complexity index is 376. The number of esters is 1. The van der Waals surface area contributed by atoms with Crippen LogP contribution in [0.2, 0.25) is 0 Å². The molecule has 0 fully saturated rings. The number of benzene rings is 1. The van der Waals surface area contributed by atoms with Crippen LogP contribution in [-0.2, 0) is 4.74 Å². The van der Waals surface area contributed by atoms with Crippen LogP contribution >= 0.6 is 15.9 Å². The first-order valence-electron chi connectivity index (χ1n) is 3.74. The van der Waals surface area contributed by atoms with Gasteiger partial charge in [-0.3, -0.25) is 0 Å². The summed E-state index contributed by atoms with van der Waals surface area (Å²) in [6, 6.07) is 4.96. The van der Waals surface area contributed by atoms with Crippen molar-refractivity contribution in [3.8, 4) is 0 Å². The molecular weight excluding hydrogens is 250 g/mol. The lowest BCUT2D eigenvalue weighted by Gasteiger charge is -2.03. The molecule has 0 heterocycles. The minimum absolute atomic E-state index is 0.355. The average Bonchev–Trinajstić information content (AvgIpc) is 2.17. The van der Waals surface area contributed by atoms with Gasteiger partial charge in [0.1, 0.15) is 0 Å². The number of carbonyl (C=O) groups is 1. The minimum atomic E-state index is -0.465. The predicted molar refractivity (Wildman–Crippen MR) is 54.9 cm³/mol. The zero-order valence-electron chi connectivity index (χ0n) is 7.40. The van der Waals surface area contributed by atoms with Crippen LogP contribution < -0.4 is 0 Å². The smallest absolute Gasteiger partial charge is 0.338 e. The van der Waals surface area contributed by atoms with E-state index in [0.717, 1.165) is 4.47 Å². The molecule has 0 aliphatic carbocycles. The molecule has 0 spiro atoms. The normalized spacial score (nSPS) is 10.4. The fourth-order valence-electron chi connectivity index (χ4n) is 0.998. The summed E-state index contributed by atoms with van der Waals surface area (Å²) in [6.07, 6.45) is 1.18. The van der Waals surface area contributed by atoms with Crippen LogP contribution in [0.25, 0.3) is 0 Å². The summed E-state index contributed by atoms with van der Waals surface area (Å²) >= 11 is 3.24. The third kappa shape index (κ3) is 2.32. The van der Waals surface area contributed by atoms with Crippen LogP contribution in [-0.4, -0.2) is 24.5 Å². The second kappa shape index (κ2) is 4.76. The fourth-order valence-corrected chi connectivity index (χ4v) is 1.38. The van der Waals surface area contributed by atoms with Crippen molar-refractivity contribution in [1.82, 2.24) is 0 Å². The molecule has 74 valence electrons. The van der Waals surface area contributed by atoms with Crippen molar-refractivity contribution in [3.05, 3.63) is 33.8 Å². The molecule has 0 saturated heterocycles. The molecule has 5 heteroatoms. The van der Waals surface area contributed by atoms with Crippen LogP contribution in [0.15, 0.2) is 27.8 Å². The highest BCUT2D eigenvalue weighted by molar-refractivity contribution is 9.10. The van der Waals surface area contributed by atoms with Crippen molar-refractivity contribution < 1.29 is 14.7 Å². The summed E-state index contributed by atoms with van der Waals surface area (Å²) < 4.78 is 5.36. The van der Waals surface area contributed by atoms with Gasteiger partial charge in [0, 0.05) is 10.0 Å². The van der Waals surface area contributed by atoms with E-state index in [9.17, 15) is 4.79 Å². The van der Waals surface area contributed by atoms with E-state index >= 15 is 0 Å². The SMILES string of the molecule is COC(=O)c1ccc(Br)cc1C=NO. The molecule has 0 atom stereocenters. The summed E-state index contributed by atoms with van der Waals surface area (Å²) in [5.41, 5.74) is 0.849. The summed E-state index contributed by atoms with van der Waals surface area (Å²) in [4.78, 5) is 11.2. The van der Waals surface area contributed by atoms with Gasteiger partial charge >= 0.3 is 5.97 Å². The highest BCUT2D eigenvalue weighted by Gasteiger charge is 2.10. The lowest BCUT2D eigenvalue weighted by molar-refractivity contribution is 0.0600. The van der Waals surface area contributed by atoms with Gasteiger partial charge < -0.3 is 9.94 Å². The lowest BCUT2D eigenvalue weighted by atomic mass is 10.1. The van der Waals surface area contributed by atoms with Gasteiger partial charge in [0.05, 0.1) is 18.9 Å². The molecule has 0 amide bonds. The van der Waals surface area contributed by atoms with E-state index in [4.69, 9.17) is 5.21 Å². The van der Waals surface area contributed by atoms with Crippen molar-refractivity contribution in [2.45, 2.75) is 0 Å². The number of methoxy groups -OCH3 is 1. The third-order valence-corrected chi connectivity index (χ3v) is 2.11. The van der Waals surface area contributed by atoms with Gasteiger partial charge in [0.25, 0.3) is 0 Å². The number of hydrogen-bond donors (Lipinski definition) is 1. The molecule has 0 aliphatic heterocycles. The predicted octanol–water partition coefficient (Wildman–Crippen LogP) is 2.04. The van der Waals surface area contributed by atoms with Gasteiger partial charge in [-0.15, -0.1) is 0 Å². The Morgan fingerprint density at radius 1 is 1.64 bits per heavy atom.